The number of carbonyl (C=O) groups is 1. The Hall–Kier alpha value is -0.610. The highest BCUT2D eigenvalue weighted by Crippen LogP contribution is 2.26. The number of carbonyl (C=O) groups excluding carboxylic acids is 1. The molecule has 1 aliphatic heterocycles. The van der Waals surface area contributed by atoms with Gasteiger partial charge in [-0.15, -0.1) is 0 Å². The van der Waals surface area contributed by atoms with Crippen LogP contribution in [0.25, 0.3) is 0 Å². The molecule has 1 aliphatic rings. The number of nitrogens with zero attached hydrogens (tertiary/aromatic N) is 2. The van der Waals surface area contributed by atoms with Crippen molar-refractivity contribution in [3.8, 4) is 0 Å². The molecular weight excluding hydrogens is 228 g/mol. The first kappa shape index (κ1) is 15.4. The summed E-state index contributed by atoms with van der Waals surface area (Å²) >= 11 is 0. The SMILES string of the molecule is CCN(C)C[C@]1(O)CCCN(CC(C)(C)C)C1=O. The van der Waals surface area contributed by atoms with Crippen LogP contribution < -0.4 is 0 Å². The first-order valence-electron chi connectivity index (χ1n) is 6.88. The van der Waals surface area contributed by atoms with Crippen molar-refractivity contribution in [2.75, 3.05) is 33.2 Å². The lowest BCUT2D eigenvalue weighted by Gasteiger charge is -2.42. The van der Waals surface area contributed by atoms with Gasteiger partial charge in [-0.1, -0.05) is 27.7 Å². The number of aliphatic hydroxyl groups is 1. The van der Waals surface area contributed by atoms with Crippen LogP contribution >= 0.6 is 0 Å². The average Bonchev–Trinajstić information content (AvgIpc) is 2.23. The minimum atomic E-state index is -1.19. The van der Waals surface area contributed by atoms with E-state index in [1.165, 1.54) is 0 Å². The second-order valence-electron chi connectivity index (χ2n) is 6.75. The van der Waals surface area contributed by atoms with Gasteiger partial charge < -0.3 is 14.9 Å². The van der Waals surface area contributed by atoms with Crippen molar-refractivity contribution in [2.24, 2.45) is 5.41 Å². The van der Waals surface area contributed by atoms with Gasteiger partial charge in [0.05, 0.1) is 0 Å². The van der Waals surface area contributed by atoms with E-state index in [1.807, 2.05) is 23.8 Å². The predicted molar refractivity (Wildman–Crippen MR) is 73.4 cm³/mol. The van der Waals surface area contributed by atoms with Crippen molar-refractivity contribution >= 4 is 5.91 Å². The predicted octanol–water partition coefficient (Wildman–Crippen LogP) is 1.34. The van der Waals surface area contributed by atoms with Gasteiger partial charge in [-0.25, -0.2) is 0 Å². The second kappa shape index (κ2) is 5.57. The zero-order valence-corrected chi connectivity index (χ0v) is 12.5. The molecule has 4 nitrogen and oxygen atoms in total. The number of likely N-dealkylation sites (tertiary alicyclic amines) is 1. The molecule has 0 spiro atoms. The number of piperidine rings is 1. The summed E-state index contributed by atoms with van der Waals surface area (Å²) < 4.78 is 0. The van der Waals surface area contributed by atoms with E-state index < -0.39 is 5.60 Å². The summed E-state index contributed by atoms with van der Waals surface area (Å²) in [5.41, 5.74) is -1.11. The molecule has 1 N–H and O–H groups in total. The Bertz CT molecular complexity index is 299. The Labute approximate surface area is 111 Å². The molecule has 18 heavy (non-hydrogen) atoms. The Kier molecular flexibility index (Phi) is 4.78. The molecular formula is C14H28N2O2. The van der Waals surface area contributed by atoms with Gasteiger partial charge in [0, 0.05) is 19.6 Å². The summed E-state index contributed by atoms with van der Waals surface area (Å²) in [6.07, 6.45) is 1.46. The molecule has 1 saturated heterocycles. The van der Waals surface area contributed by atoms with Crippen LogP contribution in [-0.4, -0.2) is 59.6 Å². The normalized spacial score (nSPS) is 25.9. The molecule has 1 fully saturated rings. The van der Waals surface area contributed by atoms with Crippen molar-refractivity contribution in [3.63, 3.8) is 0 Å². The zero-order chi connectivity index (χ0) is 14.0. The number of rotatable bonds is 4. The van der Waals surface area contributed by atoms with Gasteiger partial charge in [0.1, 0.15) is 0 Å². The summed E-state index contributed by atoms with van der Waals surface area (Å²) in [4.78, 5) is 16.3. The van der Waals surface area contributed by atoms with E-state index in [2.05, 4.69) is 20.8 Å². The van der Waals surface area contributed by atoms with E-state index >= 15 is 0 Å². The lowest BCUT2D eigenvalue weighted by molar-refractivity contribution is -0.160. The molecule has 0 aromatic rings. The van der Waals surface area contributed by atoms with Crippen molar-refractivity contribution in [2.45, 2.75) is 46.1 Å². The lowest BCUT2D eigenvalue weighted by Crippen LogP contribution is -2.59. The first-order chi connectivity index (χ1) is 8.18. The average molecular weight is 256 g/mol. The van der Waals surface area contributed by atoms with Crippen LogP contribution in [0.15, 0.2) is 0 Å². The molecule has 0 bridgehead atoms. The van der Waals surface area contributed by atoms with Crippen LogP contribution in [0.1, 0.15) is 40.5 Å². The third kappa shape index (κ3) is 3.95. The quantitative estimate of drug-likeness (QED) is 0.825. The number of hydrogen-bond donors (Lipinski definition) is 1. The second-order valence-corrected chi connectivity index (χ2v) is 6.75. The van der Waals surface area contributed by atoms with E-state index in [1.54, 1.807) is 0 Å². The smallest absolute Gasteiger partial charge is 0.255 e. The molecule has 1 heterocycles. The standard InChI is InChI=1S/C14H28N2O2/c1-6-15(5)11-14(18)8-7-9-16(12(14)17)10-13(2,3)4/h18H,6-11H2,1-5H3/t14-/m1/s1. The highest BCUT2D eigenvalue weighted by atomic mass is 16.3. The minimum absolute atomic E-state index is 0.0740. The summed E-state index contributed by atoms with van der Waals surface area (Å²) in [6, 6.07) is 0. The summed E-state index contributed by atoms with van der Waals surface area (Å²) in [6.45, 7) is 11.1. The maximum absolute atomic E-state index is 12.4. The van der Waals surface area contributed by atoms with E-state index in [-0.39, 0.29) is 11.3 Å². The molecule has 0 aromatic heterocycles. The van der Waals surface area contributed by atoms with Crippen LogP contribution in [0.2, 0.25) is 0 Å². The van der Waals surface area contributed by atoms with Crippen LogP contribution in [0.4, 0.5) is 0 Å². The number of likely N-dealkylation sites (N-methyl/N-ethyl adjacent to an activating group) is 1. The Morgan fingerprint density at radius 3 is 2.56 bits per heavy atom. The molecule has 0 aliphatic carbocycles. The number of hydrogen-bond acceptors (Lipinski definition) is 3. The third-order valence-electron chi connectivity index (χ3n) is 3.44. The molecule has 0 radical (unpaired) electrons. The van der Waals surface area contributed by atoms with E-state index in [0.29, 0.717) is 19.5 Å². The molecule has 0 saturated carbocycles. The summed E-state index contributed by atoms with van der Waals surface area (Å²) in [5.74, 6) is -0.0935. The third-order valence-corrected chi connectivity index (χ3v) is 3.44. The van der Waals surface area contributed by atoms with E-state index in [0.717, 1.165) is 19.5 Å². The molecule has 1 rings (SSSR count). The van der Waals surface area contributed by atoms with E-state index in [4.69, 9.17) is 0 Å². The van der Waals surface area contributed by atoms with Crippen molar-refractivity contribution in [1.29, 1.82) is 0 Å². The Morgan fingerprint density at radius 1 is 1.44 bits per heavy atom. The Morgan fingerprint density at radius 2 is 2.06 bits per heavy atom. The van der Waals surface area contributed by atoms with Gasteiger partial charge >= 0.3 is 0 Å². The zero-order valence-electron chi connectivity index (χ0n) is 12.5. The fourth-order valence-electron chi connectivity index (χ4n) is 2.49. The van der Waals surface area contributed by atoms with Crippen LogP contribution in [-0.2, 0) is 4.79 Å². The van der Waals surface area contributed by atoms with E-state index in [9.17, 15) is 9.90 Å². The molecule has 4 heteroatoms. The van der Waals surface area contributed by atoms with Gasteiger partial charge in [-0.2, -0.15) is 0 Å². The molecule has 1 atom stereocenters. The largest absolute Gasteiger partial charge is 0.379 e. The fourth-order valence-corrected chi connectivity index (χ4v) is 2.49. The number of amides is 1. The van der Waals surface area contributed by atoms with Gasteiger partial charge in [0.15, 0.2) is 5.60 Å². The van der Waals surface area contributed by atoms with Crippen LogP contribution in [0.3, 0.4) is 0 Å². The molecule has 106 valence electrons. The van der Waals surface area contributed by atoms with Crippen molar-refractivity contribution in [3.05, 3.63) is 0 Å². The maximum atomic E-state index is 12.4. The lowest BCUT2D eigenvalue weighted by atomic mass is 9.88. The highest BCUT2D eigenvalue weighted by molar-refractivity contribution is 5.86. The van der Waals surface area contributed by atoms with Gasteiger partial charge in [0.2, 0.25) is 0 Å². The summed E-state index contributed by atoms with van der Waals surface area (Å²) in [7, 11) is 1.94. The van der Waals surface area contributed by atoms with Gasteiger partial charge in [-0.05, 0) is 31.8 Å². The van der Waals surface area contributed by atoms with Crippen molar-refractivity contribution < 1.29 is 9.90 Å². The highest BCUT2D eigenvalue weighted by Gasteiger charge is 2.43. The molecule has 0 unspecified atom stereocenters. The van der Waals surface area contributed by atoms with Crippen molar-refractivity contribution in [1.82, 2.24) is 9.80 Å². The minimum Gasteiger partial charge on any atom is -0.379 e. The Balaban J connectivity index is 2.74. The topological polar surface area (TPSA) is 43.8 Å². The maximum Gasteiger partial charge on any atom is 0.255 e. The van der Waals surface area contributed by atoms with Gasteiger partial charge in [0.25, 0.3) is 5.91 Å². The molecule has 0 aromatic carbocycles. The monoisotopic (exact) mass is 256 g/mol. The van der Waals surface area contributed by atoms with Crippen LogP contribution in [0, 0.1) is 5.41 Å². The molecule has 1 amide bonds. The van der Waals surface area contributed by atoms with Crippen LogP contribution in [0.5, 0.6) is 0 Å². The fraction of sp³-hybridized carbons (Fsp3) is 0.929. The van der Waals surface area contributed by atoms with Gasteiger partial charge in [-0.3, -0.25) is 4.79 Å². The summed E-state index contributed by atoms with van der Waals surface area (Å²) in [5, 5.41) is 10.6. The first-order valence-corrected chi connectivity index (χ1v) is 6.88.